The molecule has 0 aliphatic carbocycles. The summed E-state index contributed by atoms with van der Waals surface area (Å²) in [7, 11) is 0. The lowest BCUT2D eigenvalue weighted by Gasteiger charge is -2.16. The lowest BCUT2D eigenvalue weighted by atomic mass is 10.3. The van der Waals surface area contributed by atoms with Crippen LogP contribution in [0, 0.1) is 0 Å². The second kappa shape index (κ2) is 5.54. The third-order valence-corrected chi connectivity index (χ3v) is 7.00. The van der Waals surface area contributed by atoms with E-state index in [0.29, 0.717) is 10.0 Å². The Labute approximate surface area is 147 Å². The number of hydrogen-bond acceptors (Lipinski definition) is 8. The maximum Gasteiger partial charge on any atom is 0.282 e. The maximum atomic E-state index is 6.24. The zero-order valence-corrected chi connectivity index (χ0v) is 14.6. The third kappa shape index (κ3) is 2.35. The second-order valence-electron chi connectivity index (χ2n) is 4.25. The van der Waals surface area contributed by atoms with Crippen LogP contribution in [0.2, 0.25) is 10.0 Å². The van der Waals surface area contributed by atoms with Gasteiger partial charge in [0.05, 0.1) is 19.6 Å². The molecule has 2 aromatic heterocycles. The lowest BCUT2D eigenvalue weighted by molar-refractivity contribution is 0.704. The van der Waals surface area contributed by atoms with E-state index in [4.69, 9.17) is 23.2 Å². The van der Waals surface area contributed by atoms with Crippen molar-refractivity contribution in [3.63, 3.8) is 0 Å². The van der Waals surface area contributed by atoms with E-state index in [2.05, 4.69) is 25.7 Å². The van der Waals surface area contributed by atoms with Crippen LogP contribution in [-0.2, 0) is 4.99 Å². The molecule has 0 atom stereocenters. The number of thioether (sulfide) groups is 1. The topological polar surface area (TPSA) is 62.3 Å². The smallest absolute Gasteiger partial charge is 0.228 e. The minimum absolute atomic E-state index is 0.594. The molecule has 0 amide bonds. The number of aromatic nitrogens is 1. The number of benzene rings is 1. The van der Waals surface area contributed by atoms with Gasteiger partial charge >= 0.3 is 0 Å². The number of thiazole rings is 1. The van der Waals surface area contributed by atoms with Crippen LogP contribution in [0.3, 0.4) is 0 Å². The zero-order chi connectivity index (χ0) is 15.2. The molecule has 0 N–H and O–H groups in total. The molecule has 4 rings (SSSR count). The van der Waals surface area contributed by atoms with E-state index in [1.165, 1.54) is 34.4 Å². The quantitative estimate of drug-likeness (QED) is 0.523. The van der Waals surface area contributed by atoms with Crippen molar-refractivity contribution in [2.24, 2.45) is 20.7 Å². The van der Waals surface area contributed by atoms with E-state index in [-0.39, 0.29) is 0 Å². The molecule has 0 spiro atoms. The van der Waals surface area contributed by atoms with Gasteiger partial charge in [-0.1, -0.05) is 29.3 Å². The SMILES string of the molecule is Clc1ccsc1C1(Sc2nc3c(Cl)cccc3s2)N=NN=N1. The standard InChI is InChI=1S/C12H5Cl2N5S3/c13-6-2-1-3-8-9(6)15-11(21-8)22-12(16-18-19-17-12)10-7(14)4-5-20-10/h1-5H. The number of fused-ring (bicyclic) bond motifs is 1. The monoisotopic (exact) mass is 385 g/mol. The fraction of sp³-hybridized carbons (Fsp3) is 0.0833. The summed E-state index contributed by atoms with van der Waals surface area (Å²) in [6.45, 7) is 0. The highest BCUT2D eigenvalue weighted by atomic mass is 35.5. The molecule has 0 unspecified atom stereocenters. The van der Waals surface area contributed by atoms with Gasteiger partial charge in [-0.3, -0.25) is 0 Å². The summed E-state index contributed by atoms with van der Waals surface area (Å²) in [5.41, 5.74) is 0.774. The lowest BCUT2D eigenvalue weighted by Crippen LogP contribution is -2.11. The third-order valence-electron chi connectivity index (χ3n) is 2.89. The molecule has 110 valence electrons. The normalized spacial score (nSPS) is 15.9. The maximum absolute atomic E-state index is 6.24. The van der Waals surface area contributed by atoms with Crippen LogP contribution in [0.1, 0.15) is 4.88 Å². The average Bonchev–Trinajstić information content (AvgIpc) is 3.19. The molecule has 0 saturated carbocycles. The Morgan fingerprint density at radius 2 is 1.86 bits per heavy atom. The van der Waals surface area contributed by atoms with Crippen molar-refractivity contribution in [3.05, 3.63) is 44.6 Å². The van der Waals surface area contributed by atoms with E-state index in [0.717, 1.165) is 19.4 Å². The molecule has 1 aliphatic heterocycles. The molecule has 1 aliphatic rings. The van der Waals surface area contributed by atoms with E-state index in [1.807, 2.05) is 29.6 Å². The van der Waals surface area contributed by atoms with Crippen molar-refractivity contribution in [3.8, 4) is 0 Å². The summed E-state index contributed by atoms with van der Waals surface area (Å²) in [4.78, 5) is 4.36. The number of rotatable bonds is 3. The van der Waals surface area contributed by atoms with Gasteiger partial charge in [-0.2, -0.15) is 0 Å². The van der Waals surface area contributed by atoms with Crippen LogP contribution in [0.5, 0.6) is 0 Å². The number of nitrogens with zero attached hydrogens (tertiary/aromatic N) is 5. The molecule has 5 nitrogen and oxygen atoms in total. The van der Waals surface area contributed by atoms with Crippen molar-refractivity contribution in [1.82, 2.24) is 4.98 Å². The number of thiophene rings is 1. The molecular weight excluding hydrogens is 381 g/mol. The first-order valence-electron chi connectivity index (χ1n) is 5.99. The Bertz CT molecular complexity index is 905. The summed E-state index contributed by atoms with van der Waals surface area (Å²) in [6.07, 6.45) is 0. The predicted molar refractivity (Wildman–Crippen MR) is 91.2 cm³/mol. The summed E-state index contributed by atoms with van der Waals surface area (Å²) in [6, 6.07) is 7.50. The van der Waals surface area contributed by atoms with Crippen LogP contribution >= 0.6 is 57.6 Å². The highest BCUT2D eigenvalue weighted by Crippen LogP contribution is 2.52. The van der Waals surface area contributed by atoms with Crippen molar-refractivity contribution >= 4 is 67.9 Å². The van der Waals surface area contributed by atoms with Crippen LogP contribution in [-0.4, -0.2) is 4.98 Å². The Morgan fingerprint density at radius 3 is 2.55 bits per heavy atom. The van der Waals surface area contributed by atoms with Gasteiger partial charge in [-0.25, -0.2) is 4.98 Å². The molecule has 1 aromatic carbocycles. The largest absolute Gasteiger partial charge is 0.282 e. The number of halogens is 2. The number of hydrogen-bond donors (Lipinski definition) is 0. The van der Waals surface area contributed by atoms with Crippen LogP contribution in [0.15, 0.2) is 54.7 Å². The average molecular weight is 386 g/mol. The molecule has 3 heterocycles. The van der Waals surface area contributed by atoms with Crippen molar-refractivity contribution in [1.29, 1.82) is 0 Å². The van der Waals surface area contributed by atoms with Gasteiger partial charge in [0.2, 0.25) is 0 Å². The van der Waals surface area contributed by atoms with E-state index in [9.17, 15) is 0 Å². The molecule has 22 heavy (non-hydrogen) atoms. The first-order chi connectivity index (χ1) is 10.7. The van der Waals surface area contributed by atoms with Crippen LogP contribution in [0.4, 0.5) is 0 Å². The van der Waals surface area contributed by atoms with Gasteiger partial charge < -0.3 is 0 Å². The predicted octanol–water partition coefficient (Wildman–Crippen LogP) is 6.40. The summed E-state index contributed by atoms with van der Waals surface area (Å²) < 4.78 is 1.79. The first-order valence-corrected chi connectivity index (χ1v) is 9.26. The molecule has 0 bridgehead atoms. The number of para-hydroxylation sites is 1. The van der Waals surface area contributed by atoms with Gasteiger partial charge in [0.15, 0.2) is 4.34 Å². The Kier molecular flexibility index (Phi) is 3.66. The fourth-order valence-electron chi connectivity index (χ4n) is 1.95. The van der Waals surface area contributed by atoms with Crippen molar-refractivity contribution < 1.29 is 0 Å². The van der Waals surface area contributed by atoms with Gasteiger partial charge in [0.1, 0.15) is 5.52 Å². The molecule has 0 fully saturated rings. The Morgan fingerprint density at radius 1 is 1.05 bits per heavy atom. The molecule has 3 aromatic rings. The summed E-state index contributed by atoms with van der Waals surface area (Å²) in [5, 5.41) is 18.8. The van der Waals surface area contributed by atoms with Gasteiger partial charge in [0.25, 0.3) is 4.99 Å². The van der Waals surface area contributed by atoms with Gasteiger partial charge in [-0.15, -0.1) is 32.9 Å². The highest BCUT2D eigenvalue weighted by molar-refractivity contribution is 8.02. The van der Waals surface area contributed by atoms with Crippen molar-refractivity contribution in [2.75, 3.05) is 0 Å². The Hall–Kier alpha value is -1.06. The highest BCUT2D eigenvalue weighted by Gasteiger charge is 2.41. The fourth-order valence-corrected chi connectivity index (χ4v) is 5.95. The van der Waals surface area contributed by atoms with Crippen LogP contribution < -0.4 is 0 Å². The van der Waals surface area contributed by atoms with Gasteiger partial charge in [-0.05, 0) is 45.8 Å². The Balaban J connectivity index is 1.79. The van der Waals surface area contributed by atoms with Crippen LogP contribution in [0.25, 0.3) is 10.2 Å². The summed E-state index contributed by atoms with van der Waals surface area (Å²) >= 11 is 16.8. The van der Waals surface area contributed by atoms with Crippen molar-refractivity contribution in [2.45, 2.75) is 9.33 Å². The first kappa shape index (κ1) is 14.5. The van der Waals surface area contributed by atoms with E-state index in [1.54, 1.807) is 0 Å². The molecule has 10 heteroatoms. The zero-order valence-electron chi connectivity index (χ0n) is 10.6. The second-order valence-corrected chi connectivity index (χ2v) is 8.43. The molecule has 0 saturated heterocycles. The molecular formula is C12H5Cl2N5S3. The van der Waals surface area contributed by atoms with E-state index < -0.39 is 4.99 Å². The summed E-state index contributed by atoms with van der Waals surface area (Å²) in [5.74, 6) is 0. The van der Waals surface area contributed by atoms with Gasteiger partial charge in [0, 0.05) is 0 Å². The van der Waals surface area contributed by atoms with E-state index >= 15 is 0 Å². The molecule has 0 radical (unpaired) electrons. The minimum atomic E-state index is -0.994. The minimum Gasteiger partial charge on any atom is -0.228 e.